The summed E-state index contributed by atoms with van der Waals surface area (Å²) in [5, 5.41) is 0. The van der Waals surface area contributed by atoms with Gasteiger partial charge in [0.25, 0.3) is 5.78 Å². The molecule has 0 saturated heterocycles. The summed E-state index contributed by atoms with van der Waals surface area (Å²) in [7, 11) is 0. The molecule has 0 spiro atoms. The van der Waals surface area contributed by atoms with Crippen LogP contribution in [0, 0.1) is 0 Å². The zero-order valence-corrected chi connectivity index (χ0v) is 13.3. The number of hydrogen-bond acceptors (Lipinski definition) is 5. The Morgan fingerprint density at radius 1 is 1.10 bits per heavy atom. The standard InChI is InChI=1S/C15H15BrO5/c1-3-20-9-12(14(18)15(19)21-4-2)13(17)10-5-7-11(16)8-6-10/h5-9H,3-4H2,1-2H3/b12-9+. The maximum atomic E-state index is 12.3. The Morgan fingerprint density at radius 3 is 2.24 bits per heavy atom. The first-order chi connectivity index (χ1) is 10.0. The van der Waals surface area contributed by atoms with Crippen LogP contribution in [-0.2, 0) is 19.1 Å². The lowest BCUT2D eigenvalue weighted by atomic mass is 10.0. The maximum Gasteiger partial charge on any atom is 0.379 e. The third-order valence-electron chi connectivity index (χ3n) is 2.42. The van der Waals surface area contributed by atoms with Crippen molar-refractivity contribution in [2.75, 3.05) is 13.2 Å². The second-order valence-corrected chi connectivity index (χ2v) is 4.79. The molecule has 6 heteroatoms. The topological polar surface area (TPSA) is 69.7 Å². The van der Waals surface area contributed by atoms with Gasteiger partial charge >= 0.3 is 5.97 Å². The second-order valence-electron chi connectivity index (χ2n) is 3.87. The zero-order valence-electron chi connectivity index (χ0n) is 11.7. The van der Waals surface area contributed by atoms with Gasteiger partial charge in [-0.1, -0.05) is 15.9 Å². The summed E-state index contributed by atoms with van der Waals surface area (Å²) in [5.74, 6) is -2.68. The van der Waals surface area contributed by atoms with E-state index in [1.165, 1.54) is 0 Å². The van der Waals surface area contributed by atoms with Gasteiger partial charge in [-0.2, -0.15) is 0 Å². The fraction of sp³-hybridized carbons (Fsp3) is 0.267. The molecule has 21 heavy (non-hydrogen) atoms. The summed E-state index contributed by atoms with van der Waals surface area (Å²) >= 11 is 3.25. The Labute approximate surface area is 131 Å². The van der Waals surface area contributed by atoms with Gasteiger partial charge in [0.2, 0.25) is 0 Å². The molecule has 0 aliphatic rings. The second kappa shape index (κ2) is 8.36. The number of hydrogen-bond donors (Lipinski definition) is 0. The van der Waals surface area contributed by atoms with Crippen LogP contribution in [0.4, 0.5) is 0 Å². The number of carbonyl (C=O) groups is 3. The minimum Gasteiger partial charge on any atom is -0.501 e. The highest BCUT2D eigenvalue weighted by molar-refractivity contribution is 9.10. The summed E-state index contributed by atoms with van der Waals surface area (Å²) in [6.07, 6.45) is 1.00. The maximum absolute atomic E-state index is 12.3. The lowest BCUT2D eigenvalue weighted by Crippen LogP contribution is -2.24. The Hall–Kier alpha value is -1.95. The van der Waals surface area contributed by atoms with Crippen LogP contribution in [0.5, 0.6) is 0 Å². The van der Waals surface area contributed by atoms with Gasteiger partial charge in [-0.3, -0.25) is 9.59 Å². The van der Waals surface area contributed by atoms with Crippen LogP contribution >= 0.6 is 15.9 Å². The predicted molar refractivity (Wildman–Crippen MR) is 79.8 cm³/mol. The molecule has 1 aromatic carbocycles. The van der Waals surface area contributed by atoms with Crippen LogP contribution in [0.15, 0.2) is 40.6 Å². The molecule has 5 nitrogen and oxygen atoms in total. The lowest BCUT2D eigenvalue weighted by Gasteiger charge is -2.06. The van der Waals surface area contributed by atoms with Crippen LogP contribution in [0.1, 0.15) is 24.2 Å². The van der Waals surface area contributed by atoms with Crippen molar-refractivity contribution in [1.29, 1.82) is 0 Å². The van der Waals surface area contributed by atoms with Crippen molar-refractivity contribution in [3.63, 3.8) is 0 Å². The van der Waals surface area contributed by atoms with E-state index >= 15 is 0 Å². The number of ketones is 2. The molecular formula is C15H15BrO5. The Balaban J connectivity index is 3.07. The zero-order chi connectivity index (χ0) is 15.8. The Kier molecular flexibility index (Phi) is 6.81. The smallest absolute Gasteiger partial charge is 0.379 e. The van der Waals surface area contributed by atoms with Crippen molar-refractivity contribution < 1.29 is 23.9 Å². The number of ether oxygens (including phenoxy) is 2. The van der Waals surface area contributed by atoms with E-state index in [4.69, 9.17) is 4.74 Å². The minimum absolute atomic E-state index is 0.0545. The third kappa shape index (κ3) is 4.82. The fourth-order valence-electron chi connectivity index (χ4n) is 1.44. The normalized spacial score (nSPS) is 10.9. The van der Waals surface area contributed by atoms with E-state index in [0.717, 1.165) is 10.7 Å². The van der Waals surface area contributed by atoms with Gasteiger partial charge in [0, 0.05) is 10.0 Å². The largest absolute Gasteiger partial charge is 0.501 e. The summed E-state index contributed by atoms with van der Waals surface area (Å²) in [4.78, 5) is 35.8. The monoisotopic (exact) mass is 354 g/mol. The van der Waals surface area contributed by atoms with Gasteiger partial charge in [0.05, 0.1) is 19.5 Å². The third-order valence-corrected chi connectivity index (χ3v) is 2.95. The van der Waals surface area contributed by atoms with Gasteiger partial charge in [-0.25, -0.2) is 4.79 Å². The van der Waals surface area contributed by atoms with E-state index in [1.807, 2.05) is 0 Å². The van der Waals surface area contributed by atoms with Crippen molar-refractivity contribution in [3.8, 4) is 0 Å². The van der Waals surface area contributed by atoms with Gasteiger partial charge in [0.15, 0.2) is 5.78 Å². The number of halogens is 1. The first-order valence-electron chi connectivity index (χ1n) is 6.34. The summed E-state index contributed by atoms with van der Waals surface area (Å²) in [6, 6.07) is 6.43. The average molecular weight is 355 g/mol. The van der Waals surface area contributed by atoms with Gasteiger partial charge < -0.3 is 9.47 Å². The van der Waals surface area contributed by atoms with Crippen molar-refractivity contribution in [2.45, 2.75) is 13.8 Å². The van der Waals surface area contributed by atoms with E-state index < -0.39 is 17.5 Å². The summed E-state index contributed by atoms with van der Waals surface area (Å²) in [5.41, 5.74) is -0.0700. The minimum atomic E-state index is -1.08. The SMILES string of the molecule is CCO/C=C(/C(=O)C(=O)OCC)C(=O)c1ccc(Br)cc1. The number of esters is 1. The van der Waals surface area contributed by atoms with E-state index in [2.05, 4.69) is 20.7 Å². The molecular weight excluding hydrogens is 340 g/mol. The van der Waals surface area contributed by atoms with Crippen LogP contribution in [-0.4, -0.2) is 30.7 Å². The molecule has 112 valence electrons. The molecule has 0 aliphatic carbocycles. The van der Waals surface area contributed by atoms with Crippen LogP contribution in [0.2, 0.25) is 0 Å². The van der Waals surface area contributed by atoms with Crippen molar-refractivity contribution in [3.05, 3.63) is 46.1 Å². The first-order valence-corrected chi connectivity index (χ1v) is 7.14. The highest BCUT2D eigenvalue weighted by Gasteiger charge is 2.27. The summed E-state index contributed by atoms with van der Waals surface area (Å²) < 4.78 is 10.4. The molecule has 0 fully saturated rings. The van der Waals surface area contributed by atoms with Gasteiger partial charge in [-0.05, 0) is 38.1 Å². The van der Waals surface area contributed by atoms with E-state index in [-0.39, 0.29) is 24.4 Å². The van der Waals surface area contributed by atoms with Crippen LogP contribution in [0.3, 0.4) is 0 Å². The molecule has 0 unspecified atom stereocenters. The van der Waals surface area contributed by atoms with E-state index in [0.29, 0.717) is 0 Å². The highest BCUT2D eigenvalue weighted by atomic mass is 79.9. The number of carbonyl (C=O) groups excluding carboxylic acids is 3. The number of rotatable bonds is 7. The number of Topliss-reactive ketones (excluding diaryl/α,β-unsaturated/α-hetero) is 2. The molecule has 0 N–H and O–H groups in total. The predicted octanol–water partition coefficient (Wildman–Crippen LogP) is 2.68. The molecule has 0 bridgehead atoms. The lowest BCUT2D eigenvalue weighted by molar-refractivity contribution is -0.151. The molecule has 0 aromatic heterocycles. The molecule has 1 aromatic rings. The van der Waals surface area contributed by atoms with Gasteiger partial charge in [0.1, 0.15) is 5.57 Å². The van der Waals surface area contributed by atoms with Crippen LogP contribution in [0.25, 0.3) is 0 Å². The highest BCUT2D eigenvalue weighted by Crippen LogP contribution is 2.15. The van der Waals surface area contributed by atoms with Gasteiger partial charge in [-0.15, -0.1) is 0 Å². The Morgan fingerprint density at radius 2 is 1.71 bits per heavy atom. The quantitative estimate of drug-likeness (QED) is 0.143. The molecule has 0 atom stereocenters. The molecule has 0 radical (unpaired) electrons. The first kappa shape index (κ1) is 17.1. The average Bonchev–Trinajstić information content (AvgIpc) is 2.48. The van der Waals surface area contributed by atoms with E-state index in [1.54, 1.807) is 38.1 Å². The van der Waals surface area contributed by atoms with Crippen LogP contribution < -0.4 is 0 Å². The molecule has 0 saturated carbocycles. The molecule has 0 amide bonds. The van der Waals surface area contributed by atoms with Crippen molar-refractivity contribution in [1.82, 2.24) is 0 Å². The van der Waals surface area contributed by atoms with Crippen molar-refractivity contribution >= 4 is 33.5 Å². The molecule has 0 aliphatic heterocycles. The fourth-order valence-corrected chi connectivity index (χ4v) is 1.70. The van der Waals surface area contributed by atoms with Crippen molar-refractivity contribution in [2.24, 2.45) is 0 Å². The Bertz CT molecular complexity index is 560. The van der Waals surface area contributed by atoms with E-state index in [9.17, 15) is 14.4 Å². The summed E-state index contributed by atoms with van der Waals surface area (Å²) in [6.45, 7) is 3.60. The number of benzene rings is 1. The molecule has 0 heterocycles. The molecule has 1 rings (SSSR count).